The number of carbonyl (C=O) groups excluding carboxylic acids is 2. The van der Waals surface area contributed by atoms with Crippen molar-refractivity contribution in [3.63, 3.8) is 0 Å². The van der Waals surface area contributed by atoms with Crippen LogP contribution in [0.4, 0.5) is 15.3 Å². The van der Waals surface area contributed by atoms with Crippen LogP contribution >= 0.6 is 0 Å². The topological polar surface area (TPSA) is 95.0 Å². The molecule has 0 radical (unpaired) electrons. The standard InChI is InChI=1S/C40H51N7O3/c1-4-29-15-14-28(26-30(29)5-2)27-36(38-41-35-12-8-9-13-37(35)47(38)33-17-21-44(3)22-18-33)43-40(49)50-45-23-19-32(20-24-45)46-25-16-31-10-6-7-11-34(31)42-39(46)48/h6-15,26,32-33,36H,4-5,16-25,27H2,1-3H3,(H,42,48)(H,43,49). The average Bonchev–Trinajstić information content (AvgIpc) is 3.43. The zero-order valence-corrected chi connectivity index (χ0v) is 29.7. The molecule has 3 amide bonds. The van der Waals surface area contributed by atoms with Gasteiger partial charge in [-0.2, -0.15) is 0 Å². The highest BCUT2D eigenvalue weighted by Gasteiger charge is 2.33. The lowest BCUT2D eigenvalue weighted by molar-refractivity contribution is -0.120. The number of fused-ring (bicyclic) bond motifs is 2. The highest BCUT2D eigenvalue weighted by atomic mass is 16.7. The van der Waals surface area contributed by atoms with Crippen LogP contribution in [-0.2, 0) is 30.5 Å². The Morgan fingerprint density at radius 2 is 1.62 bits per heavy atom. The minimum Gasteiger partial charge on any atom is -0.351 e. The van der Waals surface area contributed by atoms with E-state index in [0.717, 1.165) is 86.1 Å². The molecule has 7 rings (SSSR count). The van der Waals surface area contributed by atoms with Crippen molar-refractivity contribution in [2.75, 3.05) is 45.1 Å². The maximum Gasteiger partial charge on any atom is 0.426 e. The number of rotatable bonds is 9. The van der Waals surface area contributed by atoms with Crippen molar-refractivity contribution in [2.45, 2.75) is 83.3 Å². The number of carbonyl (C=O) groups is 2. The number of amides is 3. The summed E-state index contributed by atoms with van der Waals surface area (Å²) in [6, 6.07) is 23.0. The number of nitrogens with zero attached hydrogens (tertiary/aromatic N) is 5. The highest BCUT2D eigenvalue weighted by molar-refractivity contribution is 5.91. The van der Waals surface area contributed by atoms with Crippen LogP contribution in [0.5, 0.6) is 0 Å². The average molecular weight is 678 g/mol. The number of piperidine rings is 2. The normalized spacial score (nSPS) is 18.8. The smallest absolute Gasteiger partial charge is 0.351 e. The molecule has 0 bridgehead atoms. The molecule has 1 unspecified atom stereocenters. The van der Waals surface area contributed by atoms with Crippen molar-refractivity contribution in [1.82, 2.24) is 29.7 Å². The summed E-state index contributed by atoms with van der Waals surface area (Å²) in [6.45, 7) is 8.25. The lowest BCUT2D eigenvalue weighted by Crippen LogP contribution is -2.49. The van der Waals surface area contributed by atoms with Gasteiger partial charge in [0.1, 0.15) is 5.82 Å². The molecular weight excluding hydrogens is 626 g/mol. The molecule has 2 saturated heterocycles. The molecule has 3 aliphatic heterocycles. The van der Waals surface area contributed by atoms with E-state index in [1.165, 1.54) is 16.7 Å². The van der Waals surface area contributed by atoms with Gasteiger partial charge < -0.3 is 29.8 Å². The number of anilines is 1. The second kappa shape index (κ2) is 15.2. The van der Waals surface area contributed by atoms with Crippen LogP contribution in [0.2, 0.25) is 0 Å². The summed E-state index contributed by atoms with van der Waals surface area (Å²) in [6.07, 6.45) is 6.44. The molecule has 3 aromatic carbocycles. The molecule has 4 heterocycles. The fraction of sp³-hybridized carbons (Fsp3) is 0.475. The number of urea groups is 1. The van der Waals surface area contributed by atoms with Crippen LogP contribution in [0.15, 0.2) is 66.7 Å². The Hall–Kier alpha value is -4.41. The minimum atomic E-state index is -0.473. The molecule has 0 spiro atoms. The molecule has 4 aromatic rings. The van der Waals surface area contributed by atoms with Crippen molar-refractivity contribution in [3.05, 3.63) is 94.8 Å². The molecule has 10 heteroatoms. The fourth-order valence-electron chi connectivity index (χ4n) is 8.14. The summed E-state index contributed by atoms with van der Waals surface area (Å²) < 4.78 is 2.39. The van der Waals surface area contributed by atoms with E-state index in [1.54, 1.807) is 5.06 Å². The highest BCUT2D eigenvalue weighted by Crippen LogP contribution is 2.33. The van der Waals surface area contributed by atoms with Gasteiger partial charge in [0.25, 0.3) is 0 Å². The summed E-state index contributed by atoms with van der Waals surface area (Å²) >= 11 is 0. The van der Waals surface area contributed by atoms with E-state index in [1.807, 2.05) is 29.2 Å². The van der Waals surface area contributed by atoms with Crippen LogP contribution in [0.3, 0.4) is 0 Å². The first-order chi connectivity index (χ1) is 24.4. The van der Waals surface area contributed by atoms with Crippen LogP contribution < -0.4 is 10.6 Å². The van der Waals surface area contributed by atoms with Crippen molar-refractivity contribution in [3.8, 4) is 0 Å². The van der Waals surface area contributed by atoms with E-state index < -0.39 is 6.09 Å². The number of imidazole rings is 1. The third kappa shape index (κ3) is 7.37. The Labute approximate surface area is 295 Å². The lowest BCUT2D eigenvalue weighted by atomic mass is 9.96. The van der Waals surface area contributed by atoms with Crippen molar-refractivity contribution in [1.29, 1.82) is 0 Å². The quantitative estimate of drug-likeness (QED) is 0.200. The summed E-state index contributed by atoms with van der Waals surface area (Å²) in [5.41, 5.74) is 7.99. The van der Waals surface area contributed by atoms with E-state index in [-0.39, 0.29) is 18.1 Å². The van der Waals surface area contributed by atoms with Crippen LogP contribution in [0.1, 0.15) is 79.7 Å². The van der Waals surface area contributed by atoms with Gasteiger partial charge in [-0.25, -0.2) is 14.6 Å². The zero-order valence-electron chi connectivity index (χ0n) is 29.7. The number of hydrogen-bond acceptors (Lipinski definition) is 6. The molecular formula is C40H51N7O3. The molecule has 3 aliphatic rings. The third-order valence-corrected chi connectivity index (χ3v) is 11.0. The van der Waals surface area contributed by atoms with Gasteiger partial charge >= 0.3 is 12.1 Å². The Morgan fingerprint density at radius 1 is 0.900 bits per heavy atom. The van der Waals surface area contributed by atoms with Crippen LogP contribution in [-0.4, -0.2) is 82.4 Å². The third-order valence-electron chi connectivity index (χ3n) is 11.0. The van der Waals surface area contributed by atoms with E-state index in [2.05, 4.69) is 83.5 Å². The van der Waals surface area contributed by atoms with Crippen molar-refractivity contribution >= 4 is 28.8 Å². The van der Waals surface area contributed by atoms with E-state index in [0.29, 0.717) is 32.1 Å². The first-order valence-electron chi connectivity index (χ1n) is 18.5. The summed E-state index contributed by atoms with van der Waals surface area (Å²) in [4.78, 5) is 42.4. The van der Waals surface area contributed by atoms with Gasteiger partial charge in [0.2, 0.25) is 0 Å². The number of nitrogens with one attached hydrogen (secondary N) is 2. The number of hydrogen-bond donors (Lipinski definition) is 2. The lowest BCUT2D eigenvalue weighted by Gasteiger charge is -2.37. The summed E-state index contributed by atoms with van der Waals surface area (Å²) in [5, 5.41) is 8.11. The number of hydroxylamine groups is 2. The first-order valence-corrected chi connectivity index (χ1v) is 18.5. The van der Waals surface area contributed by atoms with Gasteiger partial charge in [0.05, 0.1) is 17.1 Å². The van der Waals surface area contributed by atoms with Gasteiger partial charge in [-0.1, -0.05) is 62.4 Å². The van der Waals surface area contributed by atoms with Crippen LogP contribution in [0, 0.1) is 0 Å². The van der Waals surface area contributed by atoms with Gasteiger partial charge in [-0.3, -0.25) is 0 Å². The molecule has 10 nitrogen and oxygen atoms in total. The summed E-state index contributed by atoms with van der Waals surface area (Å²) in [5.74, 6) is 0.877. The van der Waals surface area contributed by atoms with Gasteiger partial charge in [0.15, 0.2) is 0 Å². The fourth-order valence-corrected chi connectivity index (χ4v) is 8.14. The van der Waals surface area contributed by atoms with Gasteiger partial charge in [0, 0.05) is 43.8 Å². The first kappa shape index (κ1) is 34.1. The number of para-hydroxylation sites is 3. The maximum absolute atomic E-state index is 13.8. The van der Waals surface area contributed by atoms with Crippen molar-refractivity contribution < 1.29 is 14.4 Å². The molecule has 50 heavy (non-hydrogen) atoms. The van der Waals surface area contributed by atoms with Crippen LogP contribution in [0.25, 0.3) is 11.0 Å². The van der Waals surface area contributed by atoms with Gasteiger partial charge in [-0.15, -0.1) is 5.06 Å². The summed E-state index contributed by atoms with van der Waals surface area (Å²) in [7, 11) is 2.18. The number of aryl methyl sites for hydroxylation is 2. The molecule has 1 aromatic heterocycles. The zero-order chi connectivity index (χ0) is 34.6. The predicted molar refractivity (Wildman–Crippen MR) is 197 cm³/mol. The van der Waals surface area contributed by atoms with E-state index >= 15 is 0 Å². The number of aromatic nitrogens is 2. The Morgan fingerprint density at radius 3 is 2.40 bits per heavy atom. The molecule has 2 N–H and O–H groups in total. The number of likely N-dealkylation sites (tertiary alicyclic amines) is 1. The van der Waals surface area contributed by atoms with Gasteiger partial charge in [-0.05, 0) is 106 Å². The Bertz CT molecular complexity index is 1810. The molecule has 1 atom stereocenters. The van der Waals surface area contributed by atoms with Crippen molar-refractivity contribution in [2.24, 2.45) is 0 Å². The van der Waals surface area contributed by atoms with E-state index in [4.69, 9.17) is 9.82 Å². The largest absolute Gasteiger partial charge is 0.426 e. The molecule has 0 aliphatic carbocycles. The molecule has 2 fully saturated rings. The second-order valence-electron chi connectivity index (χ2n) is 14.1. The number of benzene rings is 3. The second-order valence-corrected chi connectivity index (χ2v) is 14.1. The Kier molecular flexibility index (Phi) is 10.4. The Balaban J connectivity index is 1.08. The minimum absolute atomic E-state index is 0.0550. The van der Waals surface area contributed by atoms with E-state index in [9.17, 15) is 9.59 Å². The maximum atomic E-state index is 13.8. The molecule has 0 saturated carbocycles. The SMILES string of the molecule is CCc1ccc(CC(NC(=O)ON2CCC(N3CCc4ccccc4NC3=O)CC2)c2nc3ccccc3n2C2CCN(C)CC2)cc1CC. The monoisotopic (exact) mass is 677 g/mol. The molecule has 264 valence electrons. The predicted octanol–water partition coefficient (Wildman–Crippen LogP) is 6.91.